The predicted molar refractivity (Wildman–Crippen MR) is 317 cm³/mol. The summed E-state index contributed by atoms with van der Waals surface area (Å²) < 4.78 is 97.2. The van der Waals surface area contributed by atoms with Gasteiger partial charge in [0.2, 0.25) is 0 Å². The molecule has 6 rings (SSSR count). The van der Waals surface area contributed by atoms with Crippen LogP contribution in [0.1, 0.15) is 78.2 Å². The highest BCUT2D eigenvalue weighted by Gasteiger charge is 2.38. The molecule has 6 amide bonds. The van der Waals surface area contributed by atoms with Gasteiger partial charge in [0, 0.05) is 37.8 Å². The quantitative estimate of drug-likeness (QED) is 0.0286. The molecule has 0 aliphatic rings. The van der Waals surface area contributed by atoms with E-state index >= 15 is 4.79 Å². The highest BCUT2D eigenvalue weighted by Crippen LogP contribution is 2.42. The molecular formula is C63H70F3N5O17. The number of alkyl halides is 3. The van der Waals surface area contributed by atoms with Crippen LogP contribution in [0, 0.1) is 0 Å². The number of azo groups is 1. The summed E-state index contributed by atoms with van der Waals surface area (Å²) in [6, 6.07) is 27.8. The molecule has 0 spiro atoms. The number of halogens is 3. The maximum atomic E-state index is 15.3. The fourth-order valence-electron chi connectivity index (χ4n) is 8.35. The summed E-state index contributed by atoms with van der Waals surface area (Å²) >= 11 is 0. The SMILES string of the molecule is COCCOCC(C)(C)OC(=O)N(C(=O)c1ccccc1)c1ccc(N(C(=O)OC(C)(C)COCCOC)C(=O)c2cc3ccccc3c(N=Nc3cc(C(=O)N(C(=O)OC(C)(C)COCCOC)c4cccc(C(F)(F)F)c4)ccc3OC)c2O)cc1. The smallest absolute Gasteiger partial charge is 0.422 e. The first-order chi connectivity index (χ1) is 41.7. The number of phenolic OH excluding ortho intramolecular Hbond substituents is 1. The van der Waals surface area contributed by atoms with Gasteiger partial charge in [0.25, 0.3) is 17.7 Å². The molecule has 6 aromatic carbocycles. The molecule has 6 aromatic rings. The first-order valence-electron chi connectivity index (χ1n) is 27.3. The molecule has 0 saturated heterocycles. The third kappa shape index (κ3) is 18.3. The molecule has 0 saturated carbocycles. The van der Waals surface area contributed by atoms with Gasteiger partial charge in [-0.25, -0.2) is 29.1 Å². The van der Waals surface area contributed by atoms with Crippen molar-refractivity contribution in [3.05, 3.63) is 150 Å². The van der Waals surface area contributed by atoms with Crippen LogP contribution in [0.5, 0.6) is 11.5 Å². The number of rotatable bonds is 27. The van der Waals surface area contributed by atoms with Crippen molar-refractivity contribution in [2.24, 2.45) is 10.2 Å². The Morgan fingerprint density at radius 1 is 0.477 bits per heavy atom. The fourth-order valence-corrected chi connectivity index (χ4v) is 8.35. The summed E-state index contributed by atoms with van der Waals surface area (Å²) in [7, 11) is 5.71. The number of nitrogens with zero attached hydrogens (tertiary/aromatic N) is 5. The van der Waals surface area contributed by atoms with Crippen molar-refractivity contribution in [3.63, 3.8) is 0 Å². The van der Waals surface area contributed by atoms with Crippen molar-refractivity contribution in [1.82, 2.24) is 0 Å². The number of aromatic hydroxyl groups is 1. The molecule has 88 heavy (non-hydrogen) atoms. The first kappa shape index (κ1) is 68.3. The molecule has 1 N–H and O–H groups in total. The highest BCUT2D eigenvalue weighted by atomic mass is 19.4. The third-order valence-electron chi connectivity index (χ3n) is 12.6. The highest BCUT2D eigenvalue weighted by molar-refractivity contribution is 6.23. The average molecular weight is 1230 g/mol. The lowest BCUT2D eigenvalue weighted by Crippen LogP contribution is -2.44. The zero-order valence-electron chi connectivity index (χ0n) is 50.3. The van der Waals surface area contributed by atoms with Gasteiger partial charge >= 0.3 is 24.5 Å². The first-order valence-corrected chi connectivity index (χ1v) is 27.3. The van der Waals surface area contributed by atoms with E-state index in [1.54, 1.807) is 56.3 Å². The van der Waals surface area contributed by atoms with E-state index in [4.69, 9.17) is 47.4 Å². The summed E-state index contributed by atoms with van der Waals surface area (Å²) in [4.78, 5) is 88.7. The van der Waals surface area contributed by atoms with Gasteiger partial charge in [-0.2, -0.15) is 13.2 Å². The van der Waals surface area contributed by atoms with Crippen molar-refractivity contribution in [3.8, 4) is 11.5 Å². The van der Waals surface area contributed by atoms with Crippen LogP contribution in [-0.4, -0.2) is 146 Å². The van der Waals surface area contributed by atoms with Crippen molar-refractivity contribution in [2.75, 3.05) is 103 Å². The number of fused-ring (bicyclic) bond motifs is 1. The Balaban J connectivity index is 1.44. The Morgan fingerprint density at radius 2 is 0.943 bits per heavy atom. The minimum Gasteiger partial charge on any atom is -0.505 e. The van der Waals surface area contributed by atoms with E-state index in [0.717, 1.165) is 29.2 Å². The zero-order valence-corrected chi connectivity index (χ0v) is 50.3. The van der Waals surface area contributed by atoms with E-state index < -0.39 is 81.5 Å². The second-order valence-corrected chi connectivity index (χ2v) is 21.3. The van der Waals surface area contributed by atoms with Gasteiger partial charge in [-0.15, -0.1) is 10.2 Å². The van der Waals surface area contributed by atoms with Crippen molar-refractivity contribution < 1.29 is 94.4 Å². The topological polar surface area (TPSA) is 249 Å². The van der Waals surface area contributed by atoms with E-state index in [2.05, 4.69) is 10.2 Å². The average Bonchev–Trinajstić information content (AvgIpc) is 2.35. The second-order valence-electron chi connectivity index (χ2n) is 21.3. The third-order valence-corrected chi connectivity index (χ3v) is 12.6. The number of ether oxygens (including phenoxy) is 10. The molecular weight excluding hydrogens is 1160 g/mol. The van der Waals surface area contributed by atoms with E-state index in [0.29, 0.717) is 21.3 Å². The number of carbonyl (C=O) groups excluding carboxylic acids is 6. The lowest BCUT2D eigenvalue weighted by atomic mass is 10.0. The van der Waals surface area contributed by atoms with Gasteiger partial charge < -0.3 is 52.5 Å². The second kappa shape index (κ2) is 30.7. The Hall–Kier alpha value is -8.85. The van der Waals surface area contributed by atoms with Crippen molar-refractivity contribution >= 4 is 75.2 Å². The van der Waals surface area contributed by atoms with E-state index in [-0.39, 0.29) is 104 Å². The van der Waals surface area contributed by atoms with Gasteiger partial charge in [-0.3, -0.25) is 14.4 Å². The standard InChI is InChI=1S/C63H70F3N5O17/c1-60(2,38-83-32-29-79-7)86-57(76)69(54(73)41-17-12-11-13-18-41)45-24-26-46(27-25-45)70(58(77)87-61(3,4)39-84-33-30-80-8)56(75)49-35-42-19-14-15-22-48(42)52(53(49)72)68-67-50-36-43(23-28-51(50)82-10)55(74)71(47-21-16-20-44(37-47)63(64,65)66)59(78)88-62(5,6)40-85-34-31-81-9/h11-28,35-37,72H,29-34,38-40H2,1-10H3. The Bertz CT molecular complexity index is 3430. The van der Waals surface area contributed by atoms with Gasteiger partial charge in [-0.05, 0) is 126 Å². The number of phenols is 1. The number of carbonyl (C=O) groups is 6. The van der Waals surface area contributed by atoms with E-state index in [1.165, 1.54) is 111 Å². The number of methoxy groups -OCH3 is 4. The van der Waals surface area contributed by atoms with Crippen molar-refractivity contribution in [2.45, 2.75) is 64.5 Å². The lowest BCUT2D eigenvalue weighted by Gasteiger charge is -2.30. The number of benzene rings is 6. The number of anilines is 3. The number of imide groups is 3. The van der Waals surface area contributed by atoms with Crippen molar-refractivity contribution in [1.29, 1.82) is 0 Å². The zero-order chi connectivity index (χ0) is 64.4. The Kier molecular flexibility index (Phi) is 23.8. The normalized spacial score (nSPS) is 12.0. The van der Waals surface area contributed by atoms with Crippen LogP contribution in [0.15, 0.2) is 138 Å². The number of hydrogen-bond acceptors (Lipinski definition) is 19. The Labute approximate surface area is 506 Å². The Morgan fingerprint density at radius 3 is 1.43 bits per heavy atom. The van der Waals surface area contributed by atoms with Gasteiger partial charge in [0.15, 0.2) is 5.75 Å². The largest absolute Gasteiger partial charge is 0.505 e. The van der Waals surface area contributed by atoms with Crippen LogP contribution in [0.3, 0.4) is 0 Å². The molecule has 0 radical (unpaired) electrons. The minimum absolute atomic E-state index is 0.0157. The number of hydrogen-bond donors (Lipinski definition) is 1. The van der Waals surface area contributed by atoms with Crippen LogP contribution in [0.25, 0.3) is 10.8 Å². The van der Waals surface area contributed by atoms with Gasteiger partial charge in [0.1, 0.15) is 33.9 Å². The predicted octanol–water partition coefficient (Wildman–Crippen LogP) is 12.7. The fraction of sp³-hybridized carbons (Fsp3) is 0.365. The van der Waals surface area contributed by atoms with Crippen LogP contribution < -0.4 is 19.4 Å². The molecule has 0 heterocycles. The summed E-state index contributed by atoms with van der Waals surface area (Å²) in [5, 5.41) is 21.5. The van der Waals surface area contributed by atoms with Crippen LogP contribution >= 0.6 is 0 Å². The lowest BCUT2D eigenvalue weighted by molar-refractivity contribution is -0.137. The van der Waals surface area contributed by atoms with Gasteiger partial charge in [-0.1, -0.05) is 48.5 Å². The van der Waals surface area contributed by atoms with Crippen LogP contribution in [0.2, 0.25) is 0 Å². The van der Waals surface area contributed by atoms with Crippen LogP contribution in [0.4, 0.5) is 56.0 Å². The summed E-state index contributed by atoms with van der Waals surface area (Å²) in [6.07, 6.45) is -8.56. The molecule has 0 aliphatic carbocycles. The molecule has 470 valence electrons. The summed E-state index contributed by atoms with van der Waals surface area (Å²) in [5.74, 6) is -3.94. The van der Waals surface area contributed by atoms with Crippen LogP contribution in [-0.2, 0) is 48.8 Å². The summed E-state index contributed by atoms with van der Waals surface area (Å²) in [6.45, 7) is 9.96. The molecule has 0 unspecified atom stereocenters. The molecule has 0 atom stereocenters. The van der Waals surface area contributed by atoms with Gasteiger partial charge in [0.05, 0.1) is 94.8 Å². The molecule has 0 fully saturated rings. The van der Waals surface area contributed by atoms with E-state index in [1.807, 2.05) is 0 Å². The molecule has 0 bridgehead atoms. The molecule has 25 heteroatoms. The maximum absolute atomic E-state index is 15.3. The molecule has 0 aromatic heterocycles. The monoisotopic (exact) mass is 1230 g/mol. The minimum atomic E-state index is -4.87. The number of amides is 6. The van der Waals surface area contributed by atoms with E-state index in [9.17, 15) is 42.3 Å². The molecule has 0 aliphatic heterocycles. The maximum Gasteiger partial charge on any atom is 0.422 e. The summed E-state index contributed by atoms with van der Waals surface area (Å²) in [5.41, 5.74) is -7.20. The molecule has 22 nitrogen and oxygen atoms in total.